The Bertz CT molecular complexity index is 242. The minimum absolute atomic E-state index is 0.0522. The fourth-order valence-corrected chi connectivity index (χ4v) is 0.575. The predicted molar refractivity (Wildman–Crippen MR) is 43.9 cm³/mol. The molecule has 0 saturated heterocycles. The van der Waals surface area contributed by atoms with Crippen LogP contribution in [-0.2, 0) is 9.90 Å². The van der Waals surface area contributed by atoms with Crippen molar-refractivity contribution >= 4 is 5.91 Å². The molecule has 3 nitrogen and oxygen atoms in total. The highest BCUT2D eigenvalue weighted by atomic mass is 16.3. The van der Waals surface area contributed by atoms with Crippen LogP contribution >= 0.6 is 0 Å². The fourth-order valence-electron chi connectivity index (χ4n) is 0.575. The molecule has 0 aliphatic rings. The lowest BCUT2D eigenvalue weighted by molar-refractivity contribution is -0.126. The summed E-state index contributed by atoms with van der Waals surface area (Å²) in [5.41, 5.74) is 0. The van der Waals surface area contributed by atoms with E-state index in [0.29, 0.717) is 0 Å². The smallest absolute Gasteiger partial charge is 0.248 e. The molecule has 0 atom stereocenters. The van der Waals surface area contributed by atoms with Gasteiger partial charge in [0.15, 0.2) is 0 Å². The van der Waals surface area contributed by atoms with Crippen molar-refractivity contribution in [2.24, 2.45) is 0 Å². The van der Waals surface area contributed by atoms with E-state index in [1.54, 1.807) is 13.8 Å². The second-order valence-electron chi connectivity index (χ2n) is 1.91. The molecular weight excluding hydrogens is 154 g/mol. The topological polar surface area (TPSA) is 40.2 Å². The first-order valence-corrected chi connectivity index (χ1v) is 3.52. The van der Waals surface area contributed by atoms with Crippen molar-refractivity contribution in [3.8, 4) is 23.9 Å². The number of carbonyl (C=O) groups is 1. The van der Waals surface area contributed by atoms with Crippen molar-refractivity contribution in [1.29, 1.82) is 0 Å². The van der Waals surface area contributed by atoms with Crippen LogP contribution in [0.5, 0.6) is 0 Å². The summed E-state index contributed by atoms with van der Waals surface area (Å²) in [5, 5.41) is 10.1. The molecule has 1 amide bonds. The molecule has 0 spiro atoms. The predicted octanol–water partition coefficient (Wildman–Crippen LogP) is 0.597. The summed E-state index contributed by atoms with van der Waals surface area (Å²) in [6.45, 7) is 2.79. The molecule has 0 aliphatic carbocycles. The number of amides is 1. The second kappa shape index (κ2) is 6.27. The molecule has 0 saturated carbocycles. The maximum absolute atomic E-state index is 11.0. The van der Waals surface area contributed by atoms with Gasteiger partial charge in [-0.15, -0.1) is 0 Å². The zero-order valence-corrected chi connectivity index (χ0v) is 7.18. The van der Waals surface area contributed by atoms with Crippen molar-refractivity contribution in [3.05, 3.63) is 0 Å². The molecule has 0 unspecified atom stereocenters. The Balaban J connectivity index is 4.33. The molecule has 3 heteroatoms. The van der Waals surface area contributed by atoms with Crippen molar-refractivity contribution in [2.45, 2.75) is 20.3 Å². The van der Waals surface area contributed by atoms with Crippen molar-refractivity contribution < 1.29 is 9.90 Å². The highest BCUT2D eigenvalue weighted by Gasteiger charge is 2.07. The van der Waals surface area contributed by atoms with Crippen molar-refractivity contribution in [3.63, 3.8) is 0 Å². The normalized spacial score (nSPS) is 7.25. The Morgan fingerprint density at radius 3 is 2.08 bits per heavy atom. The third kappa shape index (κ3) is 3.65. The molecule has 0 aromatic rings. The van der Waals surface area contributed by atoms with E-state index in [1.165, 1.54) is 0 Å². The van der Waals surface area contributed by atoms with Gasteiger partial charge in [-0.25, -0.2) is 5.11 Å². The van der Waals surface area contributed by atoms with Gasteiger partial charge in [-0.3, -0.25) is 4.79 Å². The van der Waals surface area contributed by atoms with Gasteiger partial charge in [0.2, 0.25) is 5.91 Å². The van der Waals surface area contributed by atoms with Gasteiger partial charge in [0.25, 0.3) is 0 Å². The van der Waals surface area contributed by atoms with E-state index < -0.39 is 6.61 Å². The molecule has 1 radical (unpaired) electrons. The molecule has 0 aliphatic heterocycles. The standard InChI is InChI=1S/C9H10NO2/c1-3-6-10(7-4-2)9(12)5-8-11/h5,8H2,1-2H3. The summed E-state index contributed by atoms with van der Waals surface area (Å²) < 4.78 is 0. The van der Waals surface area contributed by atoms with Gasteiger partial charge in [0, 0.05) is 12.1 Å². The van der Waals surface area contributed by atoms with E-state index in [0.717, 1.165) is 4.90 Å². The zero-order chi connectivity index (χ0) is 9.40. The number of hydrogen-bond acceptors (Lipinski definition) is 1. The van der Waals surface area contributed by atoms with Crippen LogP contribution in [-0.4, -0.2) is 17.4 Å². The monoisotopic (exact) mass is 164 g/mol. The van der Waals surface area contributed by atoms with E-state index in [4.69, 9.17) is 0 Å². The summed E-state index contributed by atoms with van der Waals surface area (Å²) in [5.74, 6) is 4.75. The number of nitrogens with zero attached hydrogens (tertiary/aromatic N) is 1. The van der Waals surface area contributed by atoms with Crippen LogP contribution in [0.4, 0.5) is 0 Å². The first-order valence-electron chi connectivity index (χ1n) is 3.52. The van der Waals surface area contributed by atoms with Gasteiger partial charge >= 0.3 is 0 Å². The Morgan fingerprint density at radius 1 is 1.25 bits per heavy atom. The quantitative estimate of drug-likeness (QED) is 0.435. The number of carbonyl (C=O) groups excluding carboxylic acids is 1. The third-order valence-electron chi connectivity index (χ3n) is 1.01. The zero-order valence-electron chi connectivity index (χ0n) is 7.18. The second-order valence-corrected chi connectivity index (χ2v) is 1.91. The van der Waals surface area contributed by atoms with Crippen LogP contribution in [0.15, 0.2) is 0 Å². The van der Waals surface area contributed by atoms with Gasteiger partial charge in [0.1, 0.15) is 0 Å². The first-order chi connectivity index (χ1) is 5.76. The summed E-state index contributed by atoms with van der Waals surface area (Å²) in [6.07, 6.45) is -0.0522. The summed E-state index contributed by atoms with van der Waals surface area (Å²) in [7, 11) is 0. The maximum atomic E-state index is 11.0. The first kappa shape index (κ1) is 10.6. The lowest BCUT2D eigenvalue weighted by Crippen LogP contribution is -2.21. The summed E-state index contributed by atoms with van der Waals surface area (Å²) in [6, 6.07) is 4.98. The molecule has 0 bridgehead atoms. The maximum Gasteiger partial charge on any atom is 0.248 e. The molecular formula is C9H10NO2. The Morgan fingerprint density at radius 2 is 1.75 bits per heavy atom. The Hall–Kier alpha value is -1.45. The van der Waals surface area contributed by atoms with Crippen LogP contribution in [0.25, 0.3) is 0 Å². The number of hydrogen-bond donors (Lipinski definition) is 0. The van der Waals surface area contributed by atoms with Gasteiger partial charge in [-0.2, -0.15) is 4.90 Å². The minimum atomic E-state index is -0.424. The van der Waals surface area contributed by atoms with E-state index in [9.17, 15) is 9.90 Å². The van der Waals surface area contributed by atoms with Gasteiger partial charge < -0.3 is 0 Å². The minimum Gasteiger partial charge on any atom is -0.273 e. The van der Waals surface area contributed by atoms with E-state index in [1.807, 2.05) is 0 Å². The molecule has 12 heavy (non-hydrogen) atoms. The highest BCUT2D eigenvalue weighted by Crippen LogP contribution is 1.89. The average Bonchev–Trinajstić information content (AvgIpc) is 2.04. The van der Waals surface area contributed by atoms with Crippen LogP contribution in [0.1, 0.15) is 20.3 Å². The SMILES string of the molecule is CC#CN(C#CC)C(=O)CC[O]. The number of rotatable bonds is 2. The average molecular weight is 164 g/mol. The van der Waals surface area contributed by atoms with E-state index >= 15 is 0 Å². The molecule has 0 aromatic carbocycles. The molecule has 0 heterocycles. The highest BCUT2D eigenvalue weighted by molar-refractivity contribution is 5.80. The largest absolute Gasteiger partial charge is 0.273 e. The van der Waals surface area contributed by atoms with Gasteiger partial charge in [0.05, 0.1) is 13.0 Å². The van der Waals surface area contributed by atoms with Crippen LogP contribution < -0.4 is 0 Å². The lowest BCUT2D eigenvalue weighted by Gasteiger charge is -2.04. The van der Waals surface area contributed by atoms with Crippen molar-refractivity contribution in [1.82, 2.24) is 4.90 Å². The third-order valence-corrected chi connectivity index (χ3v) is 1.01. The molecule has 0 aromatic heterocycles. The summed E-state index contributed by atoms with van der Waals surface area (Å²) in [4.78, 5) is 12.1. The Labute approximate surface area is 72.4 Å². The lowest BCUT2D eigenvalue weighted by atomic mass is 10.4. The molecule has 63 valence electrons. The summed E-state index contributed by atoms with van der Waals surface area (Å²) >= 11 is 0. The van der Waals surface area contributed by atoms with Gasteiger partial charge in [-0.05, 0) is 13.8 Å². The van der Waals surface area contributed by atoms with Gasteiger partial charge in [-0.1, -0.05) is 11.8 Å². The molecule has 0 rings (SSSR count). The van der Waals surface area contributed by atoms with E-state index in [-0.39, 0.29) is 12.3 Å². The fraction of sp³-hybridized carbons (Fsp3) is 0.444. The van der Waals surface area contributed by atoms with Crippen LogP contribution in [0.2, 0.25) is 0 Å². The van der Waals surface area contributed by atoms with E-state index in [2.05, 4.69) is 23.9 Å². The Kier molecular flexibility index (Phi) is 5.51. The van der Waals surface area contributed by atoms with Crippen LogP contribution in [0, 0.1) is 23.9 Å². The molecule has 0 fully saturated rings. The van der Waals surface area contributed by atoms with Crippen molar-refractivity contribution in [2.75, 3.05) is 6.61 Å². The van der Waals surface area contributed by atoms with Crippen LogP contribution in [0.3, 0.4) is 0 Å². The molecule has 0 N–H and O–H groups in total.